The molecule has 3 nitrogen and oxygen atoms in total. The third-order valence-corrected chi connectivity index (χ3v) is 7.99. The van der Waals surface area contributed by atoms with Gasteiger partial charge in [-0.25, -0.2) is 0 Å². The summed E-state index contributed by atoms with van der Waals surface area (Å²) in [4.78, 5) is 0. The van der Waals surface area contributed by atoms with Crippen molar-refractivity contribution in [1.82, 2.24) is 0 Å². The average molecular weight is 473 g/mol. The number of aliphatic hydroxyl groups is 2. The number of benzene rings is 5. The van der Waals surface area contributed by atoms with Gasteiger partial charge in [0, 0.05) is 12.3 Å². The van der Waals surface area contributed by atoms with Crippen LogP contribution in [-0.2, 0) is 4.74 Å². The van der Waals surface area contributed by atoms with E-state index in [0.29, 0.717) is 6.42 Å². The van der Waals surface area contributed by atoms with Crippen LogP contribution in [-0.4, -0.2) is 35.1 Å². The van der Waals surface area contributed by atoms with Crippen LogP contribution in [0.5, 0.6) is 0 Å². The summed E-state index contributed by atoms with van der Waals surface area (Å²) in [6.45, 7) is -0.133. The molecule has 4 atom stereocenters. The normalized spacial score (nSPS) is 23.5. The Labute approximate surface area is 209 Å². The van der Waals surface area contributed by atoms with Gasteiger partial charge in [-0.3, -0.25) is 0 Å². The molecule has 0 amide bonds. The summed E-state index contributed by atoms with van der Waals surface area (Å²) in [7, 11) is 0. The first kappa shape index (κ1) is 21.8. The Morgan fingerprint density at radius 3 is 2.00 bits per heavy atom. The van der Waals surface area contributed by atoms with E-state index in [9.17, 15) is 10.2 Å². The number of hydrogen-bond acceptors (Lipinski definition) is 3. The van der Waals surface area contributed by atoms with Crippen molar-refractivity contribution in [3.05, 3.63) is 95.4 Å². The molecule has 0 radical (unpaired) electrons. The minimum Gasteiger partial charge on any atom is -0.394 e. The zero-order chi connectivity index (χ0) is 24.2. The number of rotatable bonds is 3. The lowest BCUT2D eigenvalue weighted by Crippen LogP contribution is -2.32. The van der Waals surface area contributed by atoms with E-state index >= 15 is 0 Å². The van der Waals surface area contributed by atoms with Gasteiger partial charge >= 0.3 is 0 Å². The third-order valence-electron chi connectivity index (χ3n) is 7.99. The van der Waals surface area contributed by atoms with Crippen LogP contribution in [0.3, 0.4) is 0 Å². The molecule has 0 spiro atoms. The van der Waals surface area contributed by atoms with E-state index in [1.165, 1.54) is 53.9 Å². The van der Waals surface area contributed by atoms with E-state index < -0.39 is 12.2 Å². The fourth-order valence-corrected chi connectivity index (χ4v) is 5.98. The summed E-state index contributed by atoms with van der Waals surface area (Å²) in [6.07, 6.45) is 4.93. The predicted octanol–water partition coefficient (Wildman–Crippen LogP) is 4.90. The molecule has 1 aliphatic heterocycles. The van der Waals surface area contributed by atoms with Gasteiger partial charge in [0.2, 0.25) is 0 Å². The molecule has 0 bridgehead atoms. The highest BCUT2D eigenvalue weighted by molar-refractivity contribution is 6.00. The molecular formula is C33H28O3. The first-order chi connectivity index (χ1) is 17.6. The van der Waals surface area contributed by atoms with Crippen LogP contribution in [0.25, 0.3) is 55.6 Å². The second-order valence-corrected chi connectivity index (χ2v) is 10.3. The molecule has 1 fully saturated rings. The van der Waals surface area contributed by atoms with Crippen molar-refractivity contribution in [3.8, 4) is 11.1 Å². The molecule has 178 valence electrons. The SMILES string of the molecule is OC[C@H]1O[C@H](C2C=c3cc4ccc(-c5ccc6cc7ccccc7cc6c5)cc4cc3=CC2)CC1O. The van der Waals surface area contributed by atoms with E-state index in [1.54, 1.807) is 0 Å². The molecular weight excluding hydrogens is 444 g/mol. The Morgan fingerprint density at radius 2 is 1.31 bits per heavy atom. The van der Waals surface area contributed by atoms with Gasteiger partial charge in [0.15, 0.2) is 0 Å². The van der Waals surface area contributed by atoms with Crippen LogP contribution in [0.1, 0.15) is 12.8 Å². The highest BCUT2D eigenvalue weighted by Gasteiger charge is 2.37. The molecule has 2 aliphatic rings. The summed E-state index contributed by atoms with van der Waals surface area (Å²) in [5.41, 5.74) is 2.45. The average Bonchev–Trinajstić information content (AvgIpc) is 3.30. The van der Waals surface area contributed by atoms with Crippen LogP contribution in [0.4, 0.5) is 0 Å². The lowest BCUT2D eigenvalue weighted by atomic mass is 9.89. The summed E-state index contributed by atoms with van der Waals surface area (Å²) in [6, 6.07) is 31.1. The molecule has 1 heterocycles. The maximum absolute atomic E-state index is 10.1. The summed E-state index contributed by atoms with van der Waals surface area (Å²) in [5.74, 6) is 0.217. The van der Waals surface area contributed by atoms with Gasteiger partial charge in [0.25, 0.3) is 0 Å². The van der Waals surface area contributed by atoms with Crippen molar-refractivity contribution in [2.75, 3.05) is 6.61 Å². The smallest absolute Gasteiger partial charge is 0.107 e. The fraction of sp³-hybridized carbons (Fsp3) is 0.212. The van der Waals surface area contributed by atoms with Gasteiger partial charge in [-0.2, -0.15) is 0 Å². The predicted molar refractivity (Wildman–Crippen MR) is 147 cm³/mol. The molecule has 1 aliphatic carbocycles. The number of aliphatic hydroxyl groups excluding tert-OH is 2. The number of ether oxygens (including phenoxy) is 1. The minimum absolute atomic E-state index is 0.0513. The molecule has 0 aromatic heterocycles. The van der Waals surface area contributed by atoms with Gasteiger partial charge < -0.3 is 14.9 Å². The summed E-state index contributed by atoms with van der Waals surface area (Å²) < 4.78 is 5.93. The highest BCUT2D eigenvalue weighted by Crippen LogP contribution is 2.31. The summed E-state index contributed by atoms with van der Waals surface area (Å²) >= 11 is 0. The molecule has 3 heteroatoms. The zero-order valence-corrected chi connectivity index (χ0v) is 20.0. The van der Waals surface area contributed by atoms with Crippen LogP contribution < -0.4 is 10.4 Å². The van der Waals surface area contributed by atoms with Crippen molar-refractivity contribution in [2.24, 2.45) is 5.92 Å². The minimum atomic E-state index is -0.585. The van der Waals surface area contributed by atoms with E-state index in [2.05, 4.69) is 97.1 Å². The fourth-order valence-electron chi connectivity index (χ4n) is 5.98. The van der Waals surface area contributed by atoms with Crippen molar-refractivity contribution < 1.29 is 14.9 Å². The molecule has 0 saturated carbocycles. The van der Waals surface area contributed by atoms with E-state index in [1.807, 2.05) is 0 Å². The maximum Gasteiger partial charge on any atom is 0.107 e. The lowest BCUT2D eigenvalue weighted by Gasteiger charge is -2.21. The van der Waals surface area contributed by atoms with Crippen LogP contribution >= 0.6 is 0 Å². The first-order valence-corrected chi connectivity index (χ1v) is 12.8. The number of fused-ring (bicyclic) bond motifs is 4. The second-order valence-electron chi connectivity index (χ2n) is 10.3. The van der Waals surface area contributed by atoms with Crippen molar-refractivity contribution in [1.29, 1.82) is 0 Å². The largest absolute Gasteiger partial charge is 0.394 e. The summed E-state index contributed by atoms with van der Waals surface area (Å²) in [5, 5.41) is 29.5. The van der Waals surface area contributed by atoms with Gasteiger partial charge in [-0.1, -0.05) is 60.7 Å². The number of hydrogen-bond donors (Lipinski definition) is 2. The van der Waals surface area contributed by atoms with Gasteiger partial charge in [-0.15, -0.1) is 0 Å². The van der Waals surface area contributed by atoms with Gasteiger partial charge in [-0.05, 0) is 96.7 Å². The molecule has 5 aromatic rings. The van der Waals surface area contributed by atoms with Crippen LogP contribution in [0.15, 0.2) is 84.9 Å². The quantitative estimate of drug-likeness (QED) is 0.367. The van der Waals surface area contributed by atoms with Crippen molar-refractivity contribution in [2.45, 2.75) is 31.2 Å². The molecule has 5 aromatic carbocycles. The van der Waals surface area contributed by atoms with Gasteiger partial charge in [0.05, 0.1) is 18.8 Å². The Bertz CT molecular complexity index is 1750. The zero-order valence-electron chi connectivity index (χ0n) is 20.0. The van der Waals surface area contributed by atoms with Crippen molar-refractivity contribution >= 4 is 44.5 Å². The molecule has 1 saturated heterocycles. The van der Waals surface area contributed by atoms with Crippen LogP contribution in [0.2, 0.25) is 0 Å². The molecule has 36 heavy (non-hydrogen) atoms. The standard InChI is InChI=1S/C33H28O3/c34-19-33-31(35)18-32(36-33)27-10-9-26-15-29-14-23(6-8-25(29)16-30(26)17-27)22-5-7-24-11-20-3-1-2-4-21(20)12-28(24)13-22/h1-9,11-17,27,31-35H,10,18-19H2/t27?,31?,32-,33+/m0/s1. The third kappa shape index (κ3) is 3.72. The van der Waals surface area contributed by atoms with Crippen molar-refractivity contribution in [3.63, 3.8) is 0 Å². The Balaban J connectivity index is 1.24. The molecule has 7 rings (SSSR count). The second kappa shape index (κ2) is 8.56. The highest BCUT2D eigenvalue weighted by atomic mass is 16.5. The monoisotopic (exact) mass is 472 g/mol. The van der Waals surface area contributed by atoms with Crippen LogP contribution in [0, 0.1) is 5.92 Å². The van der Waals surface area contributed by atoms with E-state index in [0.717, 1.165) is 6.42 Å². The molecule has 2 N–H and O–H groups in total. The topological polar surface area (TPSA) is 49.7 Å². The first-order valence-electron chi connectivity index (χ1n) is 12.8. The Morgan fingerprint density at radius 1 is 0.694 bits per heavy atom. The van der Waals surface area contributed by atoms with E-state index in [4.69, 9.17) is 4.74 Å². The van der Waals surface area contributed by atoms with E-state index in [-0.39, 0.29) is 18.6 Å². The Kier molecular flexibility index (Phi) is 5.17. The maximum atomic E-state index is 10.1. The van der Waals surface area contributed by atoms with Gasteiger partial charge in [0.1, 0.15) is 6.10 Å². The lowest BCUT2D eigenvalue weighted by molar-refractivity contribution is -0.0302. The molecule has 2 unspecified atom stereocenters. The Hall–Kier alpha value is -3.50.